The number of unbranched alkanes of at least 4 members (excludes halogenated alkanes) is 2. The molecule has 0 unspecified atom stereocenters. The summed E-state index contributed by atoms with van der Waals surface area (Å²) in [6.45, 7) is 6.40. The Labute approximate surface area is 89.1 Å². The first-order valence-corrected chi connectivity index (χ1v) is 5.64. The van der Waals surface area contributed by atoms with Crippen LogP contribution in [0.3, 0.4) is 0 Å². The Kier molecular flexibility index (Phi) is 10.2. The molecule has 2 heteroatoms. The lowest BCUT2D eigenvalue weighted by Gasteiger charge is -2.12. The highest BCUT2D eigenvalue weighted by Gasteiger charge is 1.94. The first-order valence-electron chi connectivity index (χ1n) is 5.64. The van der Waals surface area contributed by atoms with Gasteiger partial charge in [0.05, 0.1) is 6.54 Å². The van der Waals surface area contributed by atoms with Crippen LogP contribution in [0, 0.1) is 12.3 Å². The van der Waals surface area contributed by atoms with Gasteiger partial charge in [0.2, 0.25) is 0 Å². The van der Waals surface area contributed by atoms with Gasteiger partial charge in [-0.2, -0.15) is 0 Å². The molecule has 0 spiro atoms. The van der Waals surface area contributed by atoms with E-state index in [-0.39, 0.29) is 0 Å². The van der Waals surface area contributed by atoms with Crippen LogP contribution < -0.4 is 5.32 Å². The van der Waals surface area contributed by atoms with Crippen molar-refractivity contribution >= 4 is 0 Å². The van der Waals surface area contributed by atoms with Crippen LogP contribution in [0.2, 0.25) is 0 Å². The molecular weight excluding hydrogens is 172 g/mol. The quantitative estimate of drug-likeness (QED) is 0.446. The maximum Gasteiger partial charge on any atom is 0.0596 e. The molecule has 82 valence electrons. The molecule has 0 aliphatic carbocycles. The summed E-state index contributed by atoms with van der Waals surface area (Å²) in [5, 5.41) is 3.40. The summed E-state index contributed by atoms with van der Waals surface area (Å²) < 4.78 is 0. The van der Waals surface area contributed by atoms with Crippen molar-refractivity contribution in [2.24, 2.45) is 0 Å². The van der Waals surface area contributed by atoms with Gasteiger partial charge in [-0.15, -0.1) is 6.42 Å². The van der Waals surface area contributed by atoms with Crippen LogP contribution in [0.15, 0.2) is 0 Å². The Morgan fingerprint density at radius 2 is 2.00 bits per heavy atom. The van der Waals surface area contributed by atoms with Gasteiger partial charge < -0.3 is 5.32 Å². The first-order chi connectivity index (χ1) is 6.81. The van der Waals surface area contributed by atoms with Crippen LogP contribution in [0.4, 0.5) is 0 Å². The Morgan fingerprint density at radius 1 is 1.21 bits per heavy atom. The fraction of sp³-hybridized carbons (Fsp3) is 0.833. The summed E-state index contributed by atoms with van der Waals surface area (Å²) in [7, 11) is 2.08. The second-order valence-electron chi connectivity index (χ2n) is 3.75. The van der Waals surface area contributed by atoms with Gasteiger partial charge in [0, 0.05) is 0 Å². The van der Waals surface area contributed by atoms with Crippen molar-refractivity contribution in [3.8, 4) is 12.3 Å². The van der Waals surface area contributed by atoms with Gasteiger partial charge >= 0.3 is 0 Å². The maximum absolute atomic E-state index is 5.21. The monoisotopic (exact) mass is 196 g/mol. The molecule has 0 aromatic carbocycles. The molecule has 0 atom stereocenters. The minimum absolute atomic E-state index is 0.772. The molecule has 0 saturated carbocycles. The largest absolute Gasteiger partial charge is 0.317 e. The third-order valence-corrected chi connectivity index (χ3v) is 2.18. The molecule has 0 aromatic rings. The molecule has 0 rings (SSSR count). The second-order valence-corrected chi connectivity index (χ2v) is 3.75. The van der Waals surface area contributed by atoms with Crippen molar-refractivity contribution in [1.29, 1.82) is 0 Å². The highest BCUT2D eigenvalue weighted by atomic mass is 15.1. The third kappa shape index (κ3) is 9.57. The molecule has 0 aliphatic rings. The summed E-state index contributed by atoms with van der Waals surface area (Å²) in [6.07, 6.45) is 10.3. The van der Waals surface area contributed by atoms with Crippen LogP contribution in [-0.4, -0.2) is 38.1 Å². The molecule has 0 saturated heterocycles. The number of terminal acetylenes is 1. The van der Waals surface area contributed by atoms with Crippen molar-refractivity contribution < 1.29 is 0 Å². The zero-order valence-corrected chi connectivity index (χ0v) is 9.68. The van der Waals surface area contributed by atoms with Gasteiger partial charge in [-0.1, -0.05) is 19.3 Å². The summed E-state index contributed by atoms with van der Waals surface area (Å²) in [5.41, 5.74) is 0. The van der Waals surface area contributed by atoms with Gasteiger partial charge in [-0.05, 0) is 45.9 Å². The first kappa shape index (κ1) is 13.5. The Bertz CT molecular complexity index is 149. The molecule has 0 bridgehead atoms. The molecule has 1 N–H and O–H groups in total. The number of hydrogen-bond donors (Lipinski definition) is 1. The van der Waals surface area contributed by atoms with Gasteiger partial charge in [0.1, 0.15) is 0 Å². The SMILES string of the molecule is C#CCN(C)CCCCCNCCC. The second kappa shape index (κ2) is 10.6. The van der Waals surface area contributed by atoms with E-state index in [0.717, 1.165) is 26.2 Å². The van der Waals surface area contributed by atoms with Crippen molar-refractivity contribution in [3.05, 3.63) is 0 Å². The van der Waals surface area contributed by atoms with E-state index in [9.17, 15) is 0 Å². The van der Waals surface area contributed by atoms with Crippen LogP contribution >= 0.6 is 0 Å². The van der Waals surface area contributed by atoms with Crippen molar-refractivity contribution in [1.82, 2.24) is 10.2 Å². The molecule has 0 heterocycles. The van der Waals surface area contributed by atoms with Crippen LogP contribution in [0.25, 0.3) is 0 Å². The van der Waals surface area contributed by atoms with E-state index in [0.29, 0.717) is 0 Å². The van der Waals surface area contributed by atoms with Crippen LogP contribution in [0.1, 0.15) is 32.6 Å². The predicted octanol–water partition coefficient (Wildman–Crippen LogP) is 1.72. The number of rotatable bonds is 9. The van der Waals surface area contributed by atoms with Crippen molar-refractivity contribution in [3.63, 3.8) is 0 Å². The van der Waals surface area contributed by atoms with E-state index in [1.54, 1.807) is 0 Å². The lowest BCUT2D eigenvalue weighted by molar-refractivity contribution is 0.362. The van der Waals surface area contributed by atoms with E-state index in [2.05, 4.69) is 30.1 Å². The standard InChI is InChI=1S/C12H24N2/c1-4-9-13-10-7-6-8-12-14(3)11-5-2/h2,13H,4,6-12H2,1,3H3. The minimum atomic E-state index is 0.772. The smallest absolute Gasteiger partial charge is 0.0596 e. The summed E-state index contributed by atoms with van der Waals surface area (Å²) in [5.74, 6) is 2.65. The number of nitrogens with one attached hydrogen (secondary N) is 1. The molecule has 2 nitrogen and oxygen atoms in total. The van der Waals surface area contributed by atoms with Gasteiger partial charge in [-0.25, -0.2) is 0 Å². The average molecular weight is 196 g/mol. The number of nitrogens with zero attached hydrogens (tertiary/aromatic N) is 1. The molecule has 0 radical (unpaired) electrons. The Balaban J connectivity index is 3.02. The topological polar surface area (TPSA) is 15.3 Å². The molecular formula is C12H24N2. The van der Waals surface area contributed by atoms with E-state index >= 15 is 0 Å². The Morgan fingerprint density at radius 3 is 2.64 bits per heavy atom. The van der Waals surface area contributed by atoms with Gasteiger partial charge in [-0.3, -0.25) is 4.90 Å². The lowest BCUT2D eigenvalue weighted by Crippen LogP contribution is -2.20. The summed E-state index contributed by atoms with van der Waals surface area (Å²) in [4.78, 5) is 2.19. The minimum Gasteiger partial charge on any atom is -0.317 e. The zero-order valence-electron chi connectivity index (χ0n) is 9.68. The zero-order chi connectivity index (χ0) is 10.6. The fourth-order valence-corrected chi connectivity index (χ4v) is 1.35. The molecule has 0 fully saturated rings. The molecule has 0 amide bonds. The van der Waals surface area contributed by atoms with Crippen LogP contribution in [-0.2, 0) is 0 Å². The fourth-order valence-electron chi connectivity index (χ4n) is 1.35. The van der Waals surface area contributed by atoms with E-state index in [1.807, 2.05) is 0 Å². The lowest BCUT2D eigenvalue weighted by atomic mass is 10.2. The van der Waals surface area contributed by atoms with Crippen LogP contribution in [0.5, 0.6) is 0 Å². The third-order valence-electron chi connectivity index (χ3n) is 2.18. The van der Waals surface area contributed by atoms with E-state index < -0.39 is 0 Å². The highest BCUT2D eigenvalue weighted by molar-refractivity contribution is 4.86. The summed E-state index contributed by atoms with van der Waals surface area (Å²) in [6, 6.07) is 0. The number of hydrogen-bond acceptors (Lipinski definition) is 2. The molecule has 14 heavy (non-hydrogen) atoms. The average Bonchev–Trinajstić information content (AvgIpc) is 2.17. The summed E-state index contributed by atoms with van der Waals surface area (Å²) >= 11 is 0. The van der Waals surface area contributed by atoms with Crippen molar-refractivity contribution in [2.45, 2.75) is 32.6 Å². The van der Waals surface area contributed by atoms with E-state index in [1.165, 1.54) is 25.7 Å². The van der Waals surface area contributed by atoms with Gasteiger partial charge in [0.15, 0.2) is 0 Å². The molecule has 0 aliphatic heterocycles. The van der Waals surface area contributed by atoms with E-state index in [4.69, 9.17) is 6.42 Å². The maximum atomic E-state index is 5.21. The Hall–Kier alpha value is -0.520. The normalized spacial score (nSPS) is 10.4. The van der Waals surface area contributed by atoms with Crippen molar-refractivity contribution in [2.75, 3.05) is 33.2 Å². The highest BCUT2D eigenvalue weighted by Crippen LogP contribution is 1.96. The molecule has 0 aromatic heterocycles. The predicted molar refractivity (Wildman–Crippen MR) is 63.3 cm³/mol. The van der Waals surface area contributed by atoms with Gasteiger partial charge in [0.25, 0.3) is 0 Å².